The summed E-state index contributed by atoms with van der Waals surface area (Å²) in [6.45, 7) is 4.90. The molecule has 1 aliphatic rings. The predicted molar refractivity (Wildman–Crippen MR) is 101 cm³/mol. The molecule has 0 radical (unpaired) electrons. The average Bonchev–Trinajstić information content (AvgIpc) is 3.34. The van der Waals surface area contributed by atoms with Crippen molar-refractivity contribution < 1.29 is 10.0 Å². The highest BCUT2D eigenvalue weighted by molar-refractivity contribution is 5.90. The van der Waals surface area contributed by atoms with E-state index in [-0.39, 0.29) is 0 Å². The molecule has 0 spiro atoms. The summed E-state index contributed by atoms with van der Waals surface area (Å²) in [7, 11) is 0. The highest BCUT2D eigenvalue weighted by Gasteiger charge is 2.25. The Balaban J connectivity index is 1.58. The summed E-state index contributed by atoms with van der Waals surface area (Å²) in [4.78, 5) is 15.2. The Morgan fingerprint density at radius 3 is 2.89 bits per heavy atom. The first kappa shape index (κ1) is 19.2. The molecule has 144 valence electrons. The zero-order valence-electron chi connectivity index (χ0n) is 15.6. The van der Waals surface area contributed by atoms with Crippen LogP contribution in [-0.2, 0) is 17.8 Å². The lowest BCUT2D eigenvalue weighted by molar-refractivity contribution is -0.124. The molecule has 0 unspecified atom stereocenters. The summed E-state index contributed by atoms with van der Waals surface area (Å²) in [5.74, 6) is 0.266. The van der Waals surface area contributed by atoms with Crippen molar-refractivity contribution in [1.29, 1.82) is 0 Å². The van der Waals surface area contributed by atoms with Crippen LogP contribution in [0.15, 0.2) is 30.3 Å². The van der Waals surface area contributed by atoms with Crippen LogP contribution in [-0.4, -0.2) is 49.3 Å². The zero-order chi connectivity index (χ0) is 19.1. The van der Waals surface area contributed by atoms with Crippen LogP contribution >= 0.6 is 0 Å². The van der Waals surface area contributed by atoms with Gasteiger partial charge in [0.1, 0.15) is 0 Å². The minimum atomic E-state index is -0.537. The first-order chi connectivity index (χ1) is 13.2. The van der Waals surface area contributed by atoms with Crippen molar-refractivity contribution in [3.63, 3.8) is 0 Å². The van der Waals surface area contributed by atoms with E-state index in [0.717, 1.165) is 50.3 Å². The van der Waals surface area contributed by atoms with Crippen LogP contribution in [0.5, 0.6) is 0 Å². The van der Waals surface area contributed by atoms with Crippen molar-refractivity contribution >= 4 is 12.0 Å². The number of rotatable bonds is 8. The maximum atomic E-state index is 11.1. The quantitative estimate of drug-likeness (QED) is 0.419. The molecule has 0 bridgehead atoms. The van der Waals surface area contributed by atoms with E-state index >= 15 is 0 Å². The van der Waals surface area contributed by atoms with Crippen LogP contribution < -0.4 is 5.48 Å². The van der Waals surface area contributed by atoms with E-state index in [1.165, 1.54) is 18.1 Å². The summed E-state index contributed by atoms with van der Waals surface area (Å²) < 4.78 is 0. The second-order valence-corrected chi connectivity index (χ2v) is 6.72. The molecular formula is C19H26N6O2. The van der Waals surface area contributed by atoms with Gasteiger partial charge in [-0.1, -0.05) is 31.2 Å². The zero-order valence-corrected chi connectivity index (χ0v) is 15.6. The SMILES string of the molecule is CCCn1nnc(CCN2CCC[C@H]2c2ccc(/C=C/C(=O)NO)cc2)n1. The lowest BCUT2D eigenvalue weighted by Crippen LogP contribution is -2.26. The van der Waals surface area contributed by atoms with Gasteiger partial charge in [0.2, 0.25) is 0 Å². The number of tetrazole rings is 1. The van der Waals surface area contributed by atoms with Gasteiger partial charge in [0.05, 0.1) is 6.54 Å². The minimum absolute atomic E-state index is 0.398. The second-order valence-electron chi connectivity index (χ2n) is 6.72. The number of amides is 1. The molecular weight excluding hydrogens is 344 g/mol. The van der Waals surface area contributed by atoms with Gasteiger partial charge in [0.15, 0.2) is 5.82 Å². The van der Waals surface area contributed by atoms with Gasteiger partial charge < -0.3 is 0 Å². The van der Waals surface area contributed by atoms with Crippen molar-refractivity contribution in [3.8, 4) is 0 Å². The van der Waals surface area contributed by atoms with Crippen LogP contribution in [0.4, 0.5) is 0 Å². The Hall–Kier alpha value is -2.58. The lowest BCUT2D eigenvalue weighted by Gasteiger charge is -2.24. The number of hydrogen-bond donors (Lipinski definition) is 2. The van der Waals surface area contributed by atoms with Gasteiger partial charge in [-0.2, -0.15) is 4.80 Å². The summed E-state index contributed by atoms with van der Waals surface area (Å²) in [5, 5.41) is 21.2. The first-order valence-corrected chi connectivity index (χ1v) is 9.42. The number of hydrogen-bond acceptors (Lipinski definition) is 6. The Morgan fingerprint density at radius 1 is 1.33 bits per heavy atom. The van der Waals surface area contributed by atoms with E-state index in [0.29, 0.717) is 6.04 Å². The van der Waals surface area contributed by atoms with E-state index in [1.54, 1.807) is 16.4 Å². The van der Waals surface area contributed by atoms with Crippen molar-refractivity contribution in [2.45, 2.75) is 45.2 Å². The number of aryl methyl sites for hydroxylation is 1. The third kappa shape index (κ3) is 5.21. The number of aromatic nitrogens is 4. The molecule has 1 aromatic heterocycles. The summed E-state index contributed by atoms with van der Waals surface area (Å²) in [6, 6.07) is 8.59. The molecule has 0 saturated carbocycles. The number of carbonyl (C=O) groups is 1. The molecule has 8 nitrogen and oxygen atoms in total. The van der Waals surface area contributed by atoms with Crippen molar-refractivity contribution in [2.24, 2.45) is 0 Å². The fraction of sp³-hybridized carbons (Fsp3) is 0.474. The molecule has 1 atom stereocenters. The van der Waals surface area contributed by atoms with Gasteiger partial charge in [-0.25, -0.2) is 5.48 Å². The Bertz CT molecular complexity index is 771. The van der Waals surface area contributed by atoms with E-state index in [9.17, 15) is 4.79 Å². The van der Waals surface area contributed by atoms with Crippen molar-refractivity contribution in [2.75, 3.05) is 13.1 Å². The maximum Gasteiger partial charge on any atom is 0.267 e. The molecule has 27 heavy (non-hydrogen) atoms. The number of nitrogens with one attached hydrogen (secondary N) is 1. The first-order valence-electron chi connectivity index (χ1n) is 9.42. The summed E-state index contributed by atoms with van der Waals surface area (Å²) >= 11 is 0. The molecule has 1 fully saturated rings. The molecule has 0 aliphatic carbocycles. The summed E-state index contributed by atoms with van der Waals surface area (Å²) in [5.41, 5.74) is 3.78. The largest absolute Gasteiger partial charge is 0.296 e. The standard InChI is InChI=1S/C19H26N6O2/c1-2-12-25-21-18(20-23-25)11-14-24-13-3-4-17(24)16-8-5-15(6-9-16)7-10-19(26)22-27/h5-10,17,27H,2-4,11-14H2,1H3,(H,22,26)/b10-7+/t17-/m0/s1. The van der Waals surface area contributed by atoms with Crippen LogP contribution in [0.2, 0.25) is 0 Å². The second kappa shape index (κ2) is 9.38. The topological polar surface area (TPSA) is 96.2 Å². The Kier molecular flexibility index (Phi) is 6.67. The molecule has 1 saturated heterocycles. The number of benzene rings is 1. The van der Waals surface area contributed by atoms with Gasteiger partial charge >= 0.3 is 0 Å². The third-order valence-corrected chi connectivity index (χ3v) is 4.76. The number of nitrogens with zero attached hydrogens (tertiary/aromatic N) is 5. The molecule has 2 heterocycles. The smallest absolute Gasteiger partial charge is 0.267 e. The monoisotopic (exact) mass is 370 g/mol. The number of carbonyl (C=O) groups excluding carboxylic acids is 1. The molecule has 1 aromatic carbocycles. The lowest BCUT2D eigenvalue weighted by atomic mass is 10.0. The van der Waals surface area contributed by atoms with Gasteiger partial charge in [-0.15, -0.1) is 10.2 Å². The third-order valence-electron chi connectivity index (χ3n) is 4.76. The molecule has 3 rings (SSSR count). The molecule has 2 N–H and O–H groups in total. The predicted octanol–water partition coefficient (Wildman–Crippen LogP) is 1.98. The van der Waals surface area contributed by atoms with E-state index in [2.05, 4.69) is 39.4 Å². The van der Waals surface area contributed by atoms with Gasteiger partial charge in [-0.05, 0) is 48.2 Å². The molecule has 8 heteroatoms. The normalized spacial score (nSPS) is 17.6. The van der Waals surface area contributed by atoms with Gasteiger partial charge in [-0.3, -0.25) is 14.9 Å². The van der Waals surface area contributed by atoms with Crippen molar-refractivity contribution in [1.82, 2.24) is 30.6 Å². The van der Waals surface area contributed by atoms with Crippen LogP contribution in [0.25, 0.3) is 6.08 Å². The van der Waals surface area contributed by atoms with E-state index in [1.807, 2.05) is 12.1 Å². The van der Waals surface area contributed by atoms with Gasteiger partial charge in [0, 0.05) is 25.1 Å². The van der Waals surface area contributed by atoms with Crippen LogP contribution in [0.3, 0.4) is 0 Å². The van der Waals surface area contributed by atoms with Crippen molar-refractivity contribution in [3.05, 3.63) is 47.3 Å². The Morgan fingerprint density at radius 2 is 2.15 bits per heavy atom. The highest BCUT2D eigenvalue weighted by Crippen LogP contribution is 2.32. The number of likely N-dealkylation sites (tertiary alicyclic amines) is 1. The Labute approximate surface area is 158 Å². The van der Waals surface area contributed by atoms with E-state index < -0.39 is 5.91 Å². The van der Waals surface area contributed by atoms with Gasteiger partial charge in [0.25, 0.3) is 5.91 Å². The summed E-state index contributed by atoms with van der Waals surface area (Å²) in [6.07, 6.45) is 7.09. The number of hydroxylamine groups is 1. The fourth-order valence-electron chi connectivity index (χ4n) is 3.42. The van der Waals surface area contributed by atoms with E-state index in [4.69, 9.17) is 5.21 Å². The highest BCUT2D eigenvalue weighted by atomic mass is 16.5. The molecule has 1 amide bonds. The average molecular weight is 370 g/mol. The minimum Gasteiger partial charge on any atom is -0.296 e. The molecule has 2 aromatic rings. The maximum absolute atomic E-state index is 11.1. The molecule has 1 aliphatic heterocycles. The van der Waals surface area contributed by atoms with Crippen LogP contribution in [0, 0.1) is 0 Å². The fourth-order valence-corrected chi connectivity index (χ4v) is 3.42. The van der Waals surface area contributed by atoms with Crippen LogP contribution in [0.1, 0.15) is 49.2 Å².